The lowest BCUT2D eigenvalue weighted by Crippen LogP contribution is -2.18. The van der Waals surface area contributed by atoms with E-state index < -0.39 is 0 Å². The number of hydrogen-bond acceptors (Lipinski definition) is 7. The number of H-pyrrole nitrogens is 1. The van der Waals surface area contributed by atoms with Crippen LogP contribution in [-0.2, 0) is 12.2 Å². The van der Waals surface area contributed by atoms with Crippen molar-refractivity contribution in [2.24, 2.45) is 0 Å². The molecule has 0 bridgehead atoms. The van der Waals surface area contributed by atoms with Crippen LogP contribution in [0.3, 0.4) is 0 Å². The number of halogens is 1. The van der Waals surface area contributed by atoms with E-state index in [9.17, 15) is 4.79 Å². The smallest absolute Gasteiger partial charge is 0.255 e. The molecule has 0 saturated heterocycles. The average molecular weight is 467 g/mol. The molecule has 27 heavy (non-hydrogen) atoms. The molecular weight excluding hydrogens is 448 g/mol. The summed E-state index contributed by atoms with van der Waals surface area (Å²) < 4.78 is 10.6. The van der Waals surface area contributed by atoms with Crippen molar-refractivity contribution in [2.45, 2.75) is 12.2 Å². The highest BCUT2D eigenvalue weighted by atomic mass is 79.9. The van der Waals surface area contributed by atoms with Crippen molar-refractivity contribution in [2.75, 3.05) is 24.7 Å². The number of nitrogens with one attached hydrogen (secondary N) is 2. The maximum atomic E-state index is 12.3. The van der Waals surface area contributed by atoms with Crippen LogP contribution in [0.1, 0.15) is 16.8 Å². The number of hydrogen-bond donors (Lipinski definition) is 2. The van der Waals surface area contributed by atoms with Crippen molar-refractivity contribution < 1.29 is 4.74 Å². The second kappa shape index (κ2) is 9.91. The Morgan fingerprint density at radius 1 is 1.41 bits per heavy atom. The van der Waals surface area contributed by atoms with Crippen LogP contribution >= 0.6 is 39.2 Å². The van der Waals surface area contributed by atoms with E-state index in [2.05, 4.69) is 35.6 Å². The van der Waals surface area contributed by atoms with Crippen LogP contribution < -0.4 is 15.6 Å². The highest BCUT2D eigenvalue weighted by molar-refractivity contribution is 9.10. The van der Waals surface area contributed by atoms with E-state index in [0.29, 0.717) is 24.5 Å². The van der Waals surface area contributed by atoms with E-state index in [0.717, 1.165) is 33.0 Å². The summed E-state index contributed by atoms with van der Waals surface area (Å²) >= 11 is 6.71. The lowest BCUT2D eigenvalue weighted by Gasteiger charge is -2.07. The van der Waals surface area contributed by atoms with Crippen molar-refractivity contribution in [3.63, 3.8) is 0 Å². The van der Waals surface area contributed by atoms with Crippen molar-refractivity contribution >= 4 is 45.2 Å². The van der Waals surface area contributed by atoms with E-state index in [1.165, 1.54) is 11.5 Å². The van der Waals surface area contributed by atoms with Crippen LogP contribution in [-0.4, -0.2) is 33.7 Å². The fraction of sp³-hybridized carbons (Fsp3) is 0.278. The molecule has 9 heteroatoms. The predicted octanol–water partition coefficient (Wildman–Crippen LogP) is 3.93. The number of aromatic amines is 1. The van der Waals surface area contributed by atoms with Gasteiger partial charge in [0.15, 0.2) is 0 Å². The predicted molar refractivity (Wildman–Crippen MR) is 115 cm³/mol. The monoisotopic (exact) mass is 466 g/mol. The zero-order valence-corrected chi connectivity index (χ0v) is 17.9. The number of thioether (sulfide) groups is 1. The van der Waals surface area contributed by atoms with Crippen LogP contribution in [0.15, 0.2) is 45.1 Å². The van der Waals surface area contributed by atoms with Gasteiger partial charge in [-0.1, -0.05) is 12.1 Å². The van der Waals surface area contributed by atoms with E-state index in [1.807, 2.05) is 29.6 Å². The zero-order valence-electron chi connectivity index (χ0n) is 14.7. The Morgan fingerprint density at radius 2 is 2.30 bits per heavy atom. The summed E-state index contributed by atoms with van der Waals surface area (Å²) in [6, 6.07) is 7.67. The molecule has 0 fully saturated rings. The first kappa shape index (κ1) is 19.9. The Hall–Kier alpha value is -1.84. The second-order valence-electron chi connectivity index (χ2n) is 5.70. The van der Waals surface area contributed by atoms with Gasteiger partial charge in [0.2, 0.25) is 5.95 Å². The van der Waals surface area contributed by atoms with Crippen molar-refractivity contribution in [3.8, 4) is 5.75 Å². The largest absolute Gasteiger partial charge is 0.497 e. The first-order valence-corrected chi connectivity index (χ1v) is 11.1. The van der Waals surface area contributed by atoms with Gasteiger partial charge in [0, 0.05) is 41.6 Å². The van der Waals surface area contributed by atoms with E-state index in [4.69, 9.17) is 4.74 Å². The Balaban J connectivity index is 1.49. The van der Waals surface area contributed by atoms with Crippen molar-refractivity contribution in [3.05, 3.63) is 67.5 Å². The molecule has 0 atom stereocenters. The Bertz CT molecular complexity index is 945. The first-order chi connectivity index (χ1) is 13.2. The lowest BCUT2D eigenvalue weighted by molar-refractivity contribution is 0.414. The summed E-state index contributed by atoms with van der Waals surface area (Å²) in [7, 11) is 1.63. The SMILES string of the molecule is COc1cccc(Cc2cnc(NCCSCc3nscc3Br)[nH]c2=O)c1. The fourth-order valence-corrected chi connectivity index (χ4v) is 4.63. The van der Waals surface area contributed by atoms with Crippen molar-refractivity contribution in [1.29, 1.82) is 0 Å². The number of aromatic nitrogens is 3. The second-order valence-corrected chi connectivity index (χ2v) is 8.29. The minimum atomic E-state index is -0.130. The molecule has 1 aromatic carbocycles. The third-order valence-electron chi connectivity index (χ3n) is 3.77. The molecule has 2 aromatic heterocycles. The van der Waals surface area contributed by atoms with E-state index in [1.54, 1.807) is 25.1 Å². The summed E-state index contributed by atoms with van der Waals surface area (Å²) in [5.74, 6) is 3.01. The molecular formula is C18H19BrN4O2S2. The topological polar surface area (TPSA) is 79.9 Å². The van der Waals surface area contributed by atoms with Gasteiger partial charge >= 0.3 is 0 Å². The summed E-state index contributed by atoms with van der Waals surface area (Å²) in [5.41, 5.74) is 2.57. The third kappa shape index (κ3) is 5.82. The van der Waals surface area contributed by atoms with Crippen LogP contribution in [0, 0.1) is 0 Å². The van der Waals surface area contributed by atoms with Crippen LogP contribution in [0.5, 0.6) is 5.75 Å². The van der Waals surface area contributed by atoms with Gasteiger partial charge in [-0.15, -0.1) is 0 Å². The highest BCUT2D eigenvalue weighted by Crippen LogP contribution is 2.22. The van der Waals surface area contributed by atoms with Gasteiger partial charge in [-0.3, -0.25) is 9.78 Å². The normalized spacial score (nSPS) is 10.7. The Morgan fingerprint density at radius 3 is 3.04 bits per heavy atom. The number of benzene rings is 1. The average Bonchev–Trinajstić information content (AvgIpc) is 3.08. The Kier molecular flexibility index (Phi) is 7.31. The summed E-state index contributed by atoms with van der Waals surface area (Å²) in [5, 5.41) is 5.13. The zero-order chi connectivity index (χ0) is 19.1. The van der Waals surface area contributed by atoms with Gasteiger partial charge in [-0.05, 0) is 45.2 Å². The maximum Gasteiger partial charge on any atom is 0.255 e. The maximum absolute atomic E-state index is 12.3. The molecule has 0 unspecified atom stereocenters. The quantitative estimate of drug-likeness (QED) is 0.465. The first-order valence-electron chi connectivity index (χ1n) is 8.27. The summed E-state index contributed by atoms with van der Waals surface area (Å²) in [4.78, 5) is 19.4. The minimum Gasteiger partial charge on any atom is -0.497 e. The van der Waals surface area contributed by atoms with E-state index in [-0.39, 0.29) is 5.56 Å². The van der Waals surface area contributed by atoms with Gasteiger partial charge in [0.1, 0.15) is 5.75 Å². The van der Waals surface area contributed by atoms with Crippen LogP contribution in [0.4, 0.5) is 5.95 Å². The van der Waals surface area contributed by atoms with Crippen LogP contribution in [0.25, 0.3) is 0 Å². The van der Waals surface area contributed by atoms with Gasteiger partial charge in [0.25, 0.3) is 5.56 Å². The molecule has 6 nitrogen and oxygen atoms in total. The third-order valence-corrected chi connectivity index (χ3v) is 6.40. The molecule has 3 rings (SSSR count). The molecule has 142 valence electrons. The molecule has 0 saturated carbocycles. The summed E-state index contributed by atoms with van der Waals surface area (Å²) in [6.45, 7) is 0.713. The minimum absolute atomic E-state index is 0.130. The van der Waals surface area contributed by atoms with Gasteiger partial charge < -0.3 is 10.1 Å². The molecule has 0 aliphatic carbocycles. The molecule has 0 amide bonds. The van der Waals surface area contributed by atoms with Crippen LogP contribution in [0.2, 0.25) is 0 Å². The van der Waals surface area contributed by atoms with Crippen molar-refractivity contribution in [1.82, 2.24) is 14.3 Å². The number of nitrogens with zero attached hydrogens (tertiary/aromatic N) is 2. The fourth-order valence-electron chi connectivity index (χ4n) is 2.39. The number of ether oxygens (including phenoxy) is 1. The van der Waals surface area contributed by atoms with Gasteiger partial charge in [0.05, 0.1) is 17.3 Å². The standard InChI is InChI=1S/C18H19BrN4O2S2/c1-25-14-4-2-3-12(8-14)7-13-9-21-18(22-17(13)24)20-5-6-26-11-16-15(19)10-27-23-16/h2-4,8-10H,5-7,11H2,1H3,(H2,20,21,22,24). The van der Waals surface area contributed by atoms with Gasteiger partial charge in [-0.25, -0.2) is 4.98 Å². The van der Waals surface area contributed by atoms with E-state index >= 15 is 0 Å². The number of rotatable bonds is 9. The summed E-state index contributed by atoms with van der Waals surface area (Å²) in [6.07, 6.45) is 2.14. The molecule has 0 spiro atoms. The molecule has 0 aliphatic heterocycles. The highest BCUT2D eigenvalue weighted by Gasteiger charge is 2.06. The number of methoxy groups -OCH3 is 1. The molecule has 2 heterocycles. The molecule has 0 radical (unpaired) electrons. The van der Waals surface area contributed by atoms with Gasteiger partial charge in [-0.2, -0.15) is 16.1 Å². The molecule has 0 aliphatic rings. The number of anilines is 1. The lowest BCUT2D eigenvalue weighted by atomic mass is 10.1. The molecule has 2 N–H and O–H groups in total. The molecule has 3 aromatic rings. The Labute approximate surface area is 174 Å².